The molecule has 0 aromatic heterocycles. The van der Waals surface area contributed by atoms with Gasteiger partial charge >= 0.3 is 0 Å². The zero-order valence-corrected chi connectivity index (χ0v) is 17.4. The lowest BCUT2D eigenvalue weighted by Crippen LogP contribution is -2.38. The molecule has 0 aliphatic carbocycles. The van der Waals surface area contributed by atoms with Crippen LogP contribution >= 0.6 is 0 Å². The monoisotopic (exact) mass is 398 g/mol. The van der Waals surface area contributed by atoms with Gasteiger partial charge in [0.15, 0.2) is 0 Å². The first-order chi connectivity index (χ1) is 14.5. The van der Waals surface area contributed by atoms with Crippen LogP contribution < -0.4 is 10.2 Å². The minimum Gasteiger partial charge on any atom is -0.351 e. The van der Waals surface area contributed by atoms with Crippen LogP contribution in [0.25, 0.3) is 11.1 Å². The Morgan fingerprint density at radius 2 is 1.63 bits per heavy atom. The van der Waals surface area contributed by atoms with Gasteiger partial charge in [-0.25, -0.2) is 0 Å². The fourth-order valence-electron chi connectivity index (χ4n) is 3.86. The van der Waals surface area contributed by atoms with Crippen molar-refractivity contribution in [2.75, 3.05) is 11.4 Å². The van der Waals surface area contributed by atoms with Crippen molar-refractivity contribution in [3.8, 4) is 11.1 Å². The number of carbonyl (C=O) groups is 2. The molecule has 0 spiro atoms. The second-order valence-electron chi connectivity index (χ2n) is 7.98. The van der Waals surface area contributed by atoms with E-state index in [-0.39, 0.29) is 17.9 Å². The number of benzene rings is 3. The highest BCUT2D eigenvalue weighted by Crippen LogP contribution is 2.24. The minimum absolute atomic E-state index is 0.0516. The highest BCUT2D eigenvalue weighted by Gasteiger charge is 2.31. The van der Waals surface area contributed by atoms with Crippen LogP contribution in [0.15, 0.2) is 72.8 Å². The van der Waals surface area contributed by atoms with E-state index < -0.39 is 0 Å². The van der Waals surface area contributed by atoms with Crippen LogP contribution in [-0.4, -0.2) is 24.4 Å². The maximum absolute atomic E-state index is 12.5. The number of nitrogens with zero attached hydrogens (tertiary/aromatic N) is 1. The van der Waals surface area contributed by atoms with Crippen molar-refractivity contribution in [3.63, 3.8) is 0 Å². The van der Waals surface area contributed by atoms with Crippen LogP contribution in [0.1, 0.15) is 23.1 Å². The average Bonchev–Trinajstić information content (AvgIpc) is 3.11. The standard InChI is InChI=1S/C26H26N2O2/c1-18-8-13-24(14-19(18)2)28-17-23(16-26(28)30)27-25(29)15-20-9-11-22(12-10-20)21-6-4-3-5-7-21/h3-14,23H,15-17H2,1-2H3,(H,27,29)/t23-/m1/s1. The molecule has 4 rings (SSSR count). The Kier molecular flexibility index (Phi) is 5.66. The van der Waals surface area contributed by atoms with Gasteiger partial charge in [-0.05, 0) is 53.8 Å². The van der Waals surface area contributed by atoms with E-state index in [4.69, 9.17) is 0 Å². The molecule has 1 saturated heterocycles. The molecule has 1 heterocycles. The summed E-state index contributed by atoms with van der Waals surface area (Å²) in [6.45, 7) is 4.61. The zero-order chi connectivity index (χ0) is 21.1. The number of amides is 2. The van der Waals surface area contributed by atoms with Gasteiger partial charge in [0.05, 0.1) is 12.5 Å². The highest BCUT2D eigenvalue weighted by atomic mass is 16.2. The molecule has 152 valence electrons. The number of nitrogens with one attached hydrogen (secondary N) is 1. The van der Waals surface area contributed by atoms with Crippen LogP contribution in [0.5, 0.6) is 0 Å². The van der Waals surface area contributed by atoms with E-state index in [2.05, 4.69) is 24.4 Å². The van der Waals surface area contributed by atoms with E-state index in [1.807, 2.05) is 67.6 Å². The SMILES string of the molecule is Cc1ccc(N2C[C@H](NC(=O)Cc3ccc(-c4ccccc4)cc3)CC2=O)cc1C. The minimum atomic E-state index is -0.157. The molecular weight excluding hydrogens is 372 g/mol. The van der Waals surface area contributed by atoms with Gasteiger partial charge in [0.25, 0.3) is 0 Å². The molecule has 3 aromatic rings. The van der Waals surface area contributed by atoms with Gasteiger partial charge in [-0.3, -0.25) is 9.59 Å². The molecule has 4 nitrogen and oxygen atoms in total. The van der Waals surface area contributed by atoms with Crippen LogP contribution in [0, 0.1) is 13.8 Å². The van der Waals surface area contributed by atoms with Crippen molar-refractivity contribution in [1.82, 2.24) is 5.32 Å². The summed E-state index contributed by atoms with van der Waals surface area (Å²) in [5.41, 5.74) is 6.51. The molecule has 1 fully saturated rings. The van der Waals surface area contributed by atoms with Crippen LogP contribution in [0.3, 0.4) is 0 Å². The van der Waals surface area contributed by atoms with E-state index >= 15 is 0 Å². The van der Waals surface area contributed by atoms with Gasteiger partial charge in [-0.1, -0.05) is 60.7 Å². The highest BCUT2D eigenvalue weighted by molar-refractivity contribution is 5.97. The topological polar surface area (TPSA) is 49.4 Å². The Labute approximate surface area is 177 Å². The average molecular weight is 399 g/mol. The Morgan fingerprint density at radius 1 is 0.933 bits per heavy atom. The molecule has 0 radical (unpaired) electrons. The Balaban J connectivity index is 1.35. The molecule has 1 atom stereocenters. The lowest BCUT2D eigenvalue weighted by Gasteiger charge is -2.18. The predicted molar refractivity (Wildman–Crippen MR) is 120 cm³/mol. The first-order valence-corrected chi connectivity index (χ1v) is 10.3. The molecule has 1 aliphatic rings. The lowest BCUT2D eigenvalue weighted by molar-refractivity contribution is -0.121. The fraction of sp³-hybridized carbons (Fsp3) is 0.231. The summed E-state index contributed by atoms with van der Waals surface area (Å²) < 4.78 is 0. The maximum Gasteiger partial charge on any atom is 0.229 e. The molecule has 3 aromatic carbocycles. The van der Waals surface area contributed by atoms with E-state index in [1.165, 1.54) is 5.56 Å². The first kappa shape index (κ1) is 19.9. The van der Waals surface area contributed by atoms with Gasteiger partial charge in [0.2, 0.25) is 11.8 Å². The summed E-state index contributed by atoms with van der Waals surface area (Å²) in [7, 11) is 0. The third kappa shape index (κ3) is 4.43. The Bertz CT molecular complexity index is 1060. The number of aryl methyl sites for hydroxylation is 2. The molecule has 30 heavy (non-hydrogen) atoms. The molecule has 0 saturated carbocycles. The number of carbonyl (C=O) groups excluding carboxylic acids is 2. The maximum atomic E-state index is 12.5. The number of anilines is 1. The van der Waals surface area contributed by atoms with Crippen molar-refractivity contribution < 1.29 is 9.59 Å². The third-order valence-corrected chi connectivity index (χ3v) is 5.72. The Hall–Kier alpha value is -3.40. The summed E-state index contributed by atoms with van der Waals surface area (Å²) >= 11 is 0. The summed E-state index contributed by atoms with van der Waals surface area (Å²) in [6, 6.07) is 24.1. The van der Waals surface area contributed by atoms with E-state index in [0.29, 0.717) is 19.4 Å². The lowest BCUT2D eigenvalue weighted by atomic mass is 10.0. The molecule has 0 bridgehead atoms. The summed E-state index contributed by atoms with van der Waals surface area (Å²) in [5, 5.41) is 3.03. The van der Waals surface area contributed by atoms with Gasteiger partial charge in [0.1, 0.15) is 0 Å². The largest absolute Gasteiger partial charge is 0.351 e. The molecule has 1 N–H and O–H groups in total. The van der Waals surface area contributed by atoms with Gasteiger partial charge in [-0.2, -0.15) is 0 Å². The van der Waals surface area contributed by atoms with E-state index in [1.54, 1.807) is 4.90 Å². The zero-order valence-electron chi connectivity index (χ0n) is 17.4. The van der Waals surface area contributed by atoms with Crippen LogP contribution in [0.4, 0.5) is 5.69 Å². The second-order valence-corrected chi connectivity index (χ2v) is 7.98. The third-order valence-electron chi connectivity index (χ3n) is 5.72. The number of rotatable bonds is 5. The van der Waals surface area contributed by atoms with Crippen molar-refractivity contribution in [2.24, 2.45) is 0 Å². The fourth-order valence-corrected chi connectivity index (χ4v) is 3.86. The quantitative estimate of drug-likeness (QED) is 0.691. The van der Waals surface area contributed by atoms with Gasteiger partial charge < -0.3 is 10.2 Å². The Morgan fingerprint density at radius 3 is 2.33 bits per heavy atom. The summed E-state index contributed by atoms with van der Waals surface area (Å²) in [5.74, 6) is -0.00188. The van der Waals surface area contributed by atoms with Crippen molar-refractivity contribution in [2.45, 2.75) is 32.7 Å². The summed E-state index contributed by atoms with van der Waals surface area (Å²) in [4.78, 5) is 26.8. The molecule has 4 heteroatoms. The second kappa shape index (κ2) is 8.54. The van der Waals surface area contributed by atoms with E-state index in [9.17, 15) is 9.59 Å². The van der Waals surface area contributed by atoms with Crippen molar-refractivity contribution in [1.29, 1.82) is 0 Å². The van der Waals surface area contributed by atoms with Crippen molar-refractivity contribution in [3.05, 3.63) is 89.5 Å². The van der Waals surface area contributed by atoms with E-state index in [0.717, 1.165) is 27.9 Å². The molecular formula is C26H26N2O2. The van der Waals surface area contributed by atoms with Crippen LogP contribution in [-0.2, 0) is 16.0 Å². The smallest absolute Gasteiger partial charge is 0.229 e. The van der Waals surface area contributed by atoms with Gasteiger partial charge in [0, 0.05) is 18.7 Å². The normalized spacial score (nSPS) is 16.0. The number of hydrogen-bond acceptors (Lipinski definition) is 2. The van der Waals surface area contributed by atoms with Gasteiger partial charge in [-0.15, -0.1) is 0 Å². The first-order valence-electron chi connectivity index (χ1n) is 10.3. The van der Waals surface area contributed by atoms with Crippen LogP contribution in [0.2, 0.25) is 0 Å². The van der Waals surface area contributed by atoms with Crippen molar-refractivity contribution >= 4 is 17.5 Å². The summed E-state index contributed by atoms with van der Waals surface area (Å²) in [6.07, 6.45) is 0.648. The predicted octanol–water partition coefficient (Wildman–Crippen LogP) is 4.43. The molecule has 2 amide bonds. The molecule has 0 unspecified atom stereocenters. The number of hydrogen-bond donors (Lipinski definition) is 1. The molecule has 1 aliphatic heterocycles.